The smallest absolute Gasteiger partial charge is 0.147 e. The van der Waals surface area contributed by atoms with Gasteiger partial charge in [-0.05, 0) is 24.4 Å². The van der Waals surface area contributed by atoms with Crippen molar-refractivity contribution in [3.63, 3.8) is 0 Å². The first-order chi connectivity index (χ1) is 10.2. The standard InChI is InChI=1S/C18H15N3/c1-12-5-4-7-14(11-12)16-17(19)21-10-9-13-6-2-3-8-15(13)18(21)20-16/h2-11H,19H2,1H3. The van der Waals surface area contributed by atoms with Crippen molar-refractivity contribution >= 4 is 22.2 Å². The lowest BCUT2D eigenvalue weighted by molar-refractivity contribution is 1.21. The minimum atomic E-state index is 0.682. The van der Waals surface area contributed by atoms with Gasteiger partial charge in [-0.3, -0.25) is 4.40 Å². The molecule has 0 amide bonds. The molecule has 2 N–H and O–H groups in total. The maximum absolute atomic E-state index is 6.31. The Balaban J connectivity index is 2.08. The molecule has 0 spiro atoms. The van der Waals surface area contributed by atoms with Crippen molar-refractivity contribution in [2.45, 2.75) is 6.92 Å². The first kappa shape index (κ1) is 12.0. The maximum Gasteiger partial charge on any atom is 0.147 e. The van der Waals surface area contributed by atoms with Crippen LogP contribution in [-0.4, -0.2) is 9.38 Å². The lowest BCUT2D eigenvalue weighted by Gasteiger charge is -2.01. The summed E-state index contributed by atoms with van der Waals surface area (Å²) < 4.78 is 1.96. The summed E-state index contributed by atoms with van der Waals surface area (Å²) in [6.07, 6.45) is 1.99. The molecular formula is C18H15N3. The number of nitrogens with zero attached hydrogens (tertiary/aromatic N) is 2. The third-order valence-corrected chi connectivity index (χ3v) is 3.84. The van der Waals surface area contributed by atoms with E-state index in [-0.39, 0.29) is 0 Å². The zero-order chi connectivity index (χ0) is 14.4. The van der Waals surface area contributed by atoms with Gasteiger partial charge in [0.15, 0.2) is 0 Å². The van der Waals surface area contributed by atoms with Gasteiger partial charge in [0, 0.05) is 17.1 Å². The summed E-state index contributed by atoms with van der Waals surface area (Å²) in [7, 11) is 0. The highest BCUT2D eigenvalue weighted by Gasteiger charge is 2.13. The topological polar surface area (TPSA) is 43.3 Å². The summed E-state index contributed by atoms with van der Waals surface area (Å²) in [5.41, 5.74) is 10.3. The number of hydrogen-bond donors (Lipinski definition) is 1. The molecule has 3 nitrogen and oxygen atoms in total. The fraction of sp³-hybridized carbons (Fsp3) is 0.0556. The van der Waals surface area contributed by atoms with Crippen molar-refractivity contribution in [3.8, 4) is 11.3 Å². The maximum atomic E-state index is 6.31. The van der Waals surface area contributed by atoms with E-state index in [0.717, 1.165) is 22.3 Å². The zero-order valence-corrected chi connectivity index (χ0v) is 11.7. The predicted octanol–water partition coefficient (Wildman–Crippen LogP) is 4.05. The highest BCUT2D eigenvalue weighted by molar-refractivity contribution is 5.96. The molecular weight excluding hydrogens is 258 g/mol. The van der Waals surface area contributed by atoms with E-state index in [1.807, 2.05) is 34.9 Å². The van der Waals surface area contributed by atoms with Crippen LogP contribution >= 0.6 is 0 Å². The van der Waals surface area contributed by atoms with E-state index in [9.17, 15) is 0 Å². The van der Waals surface area contributed by atoms with E-state index in [1.54, 1.807) is 0 Å². The van der Waals surface area contributed by atoms with Crippen LogP contribution in [0.1, 0.15) is 5.56 Å². The monoisotopic (exact) mass is 273 g/mol. The number of aryl methyl sites for hydroxylation is 1. The van der Waals surface area contributed by atoms with Crippen LogP contribution < -0.4 is 5.73 Å². The number of anilines is 1. The van der Waals surface area contributed by atoms with Gasteiger partial charge in [-0.1, -0.05) is 48.0 Å². The van der Waals surface area contributed by atoms with Gasteiger partial charge in [0.25, 0.3) is 0 Å². The van der Waals surface area contributed by atoms with Gasteiger partial charge in [-0.25, -0.2) is 4.98 Å². The molecule has 0 atom stereocenters. The molecule has 3 heteroatoms. The number of imidazole rings is 1. The third-order valence-electron chi connectivity index (χ3n) is 3.84. The second-order valence-corrected chi connectivity index (χ2v) is 5.31. The van der Waals surface area contributed by atoms with Crippen molar-refractivity contribution in [2.24, 2.45) is 0 Å². The lowest BCUT2D eigenvalue weighted by Crippen LogP contribution is -1.94. The van der Waals surface area contributed by atoms with E-state index in [2.05, 4.69) is 37.3 Å². The Hall–Kier alpha value is -2.81. The molecule has 0 saturated heterocycles. The summed E-state index contributed by atoms with van der Waals surface area (Å²) >= 11 is 0. The van der Waals surface area contributed by atoms with Crippen LogP contribution in [0.4, 0.5) is 5.82 Å². The van der Waals surface area contributed by atoms with Gasteiger partial charge in [0.2, 0.25) is 0 Å². The van der Waals surface area contributed by atoms with Crippen LogP contribution in [-0.2, 0) is 0 Å². The predicted molar refractivity (Wildman–Crippen MR) is 87.3 cm³/mol. The quantitative estimate of drug-likeness (QED) is 0.568. The largest absolute Gasteiger partial charge is 0.383 e. The fourth-order valence-electron chi connectivity index (χ4n) is 2.79. The Morgan fingerprint density at radius 1 is 1.00 bits per heavy atom. The number of hydrogen-bond acceptors (Lipinski definition) is 2. The van der Waals surface area contributed by atoms with Gasteiger partial charge in [-0.2, -0.15) is 0 Å². The molecule has 2 aromatic carbocycles. The average Bonchev–Trinajstić information content (AvgIpc) is 2.85. The van der Waals surface area contributed by atoms with Gasteiger partial charge in [0.05, 0.1) is 0 Å². The molecule has 2 heterocycles. The van der Waals surface area contributed by atoms with E-state index >= 15 is 0 Å². The zero-order valence-electron chi connectivity index (χ0n) is 11.7. The summed E-state index contributed by atoms with van der Waals surface area (Å²) in [5, 5.41) is 2.29. The summed E-state index contributed by atoms with van der Waals surface area (Å²) in [4.78, 5) is 4.79. The number of pyridine rings is 1. The second-order valence-electron chi connectivity index (χ2n) is 5.31. The number of aromatic nitrogens is 2. The molecule has 0 saturated carbocycles. The highest BCUT2D eigenvalue weighted by atomic mass is 15.1. The van der Waals surface area contributed by atoms with E-state index in [4.69, 9.17) is 10.7 Å². The normalized spacial score (nSPS) is 11.3. The van der Waals surface area contributed by atoms with Crippen molar-refractivity contribution in [1.82, 2.24) is 9.38 Å². The highest BCUT2D eigenvalue weighted by Crippen LogP contribution is 2.30. The number of rotatable bonds is 1. The first-order valence-electron chi connectivity index (χ1n) is 6.96. The molecule has 102 valence electrons. The molecule has 4 rings (SSSR count). The molecule has 0 unspecified atom stereocenters. The van der Waals surface area contributed by atoms with Gasteiger partial charge in [-0.15, -0.1) is 0 Å². The molecule has 0 radical (unpaired) electrons. The molecule has 0 aliphatic heterocycles. The van der Waals surface area contributed by atoms with Gasteiger partial charge >= 0.3 is 0 Å². The second kappa shape index (κ2) is 4.35. The van der Waals surface area contributed by atoms with Crippen LogP contribution in [0.15, 0.2) is 60.8 Å². The summed E-state index contributed by atoms with van der Waals surface area (Å²) in [6.45, 7) is 2.07. The van der Waals surface area contributed by atoms with Crippen LogP contribution in [0.5, 0.6) is 0 Å². The Morgan fingerprint density at radius 2 is 1.86 bits per heavy atom. The Bertz CT molecular complexity index is 967. The van der Waals surface area contributed by atoms with E-state index < -0.39 is 0 Å². The van der Waals surface area contributed by atoms with E-state index in [1.165, 1.54) is 10.9 Å². The minimum Gasteiger partial charge on any atom is -0.383 e. The van der Waals surface area contributed by atoms with Crippen LogP contribution in [0.2, 0.25) is 0 Å². The number of fused-ring (bicyclic) bond motifs is 3. The molecule has 0 bridgehead atoms. The third kappa shape index (κ3) is 1.78. The van der Waals surface area contributed by atoms with Crippen LogP contribution in [0, 0.1) is 6.92 Å². The molecule has 2 aromatic heterocycles. The van der Waals surface area contributed by atoms with Crippen molar-refractivity contribution < 1.29 is 0 Å². The fourth-order valence-corrected chi connectivity index (χ4v) is 2.79. The first-order valence-corrected chi connectivity index (χ1v) is 6.96. The lowest BCUT2D eigenvalue weighted by atomic mass is 10.1. The summed E-state index contributed by atoms with van der Waals surface area (Å²) in [5.74, 6) is 0.682. The molecule has 0 aliphatic carbocycles. The Kier molecular flexibility index (Phi) is 2.48. The SMILES string of the molecule is Cc1cccc(-c2nc3c4ccccc4ccn3c2N)c1. The van der Waals surface area contributed by atoms with Crippen LogP contribution in [0.3, 0.4) is 0 Å². The van der Waals surface area contributed by atoms with Crippen molar-refractivity contribution in [3.05, 3.63) is 66.4 Å². The Morgan fingerprint density at radius 3 is 2.71 bits per heavy atom. The van der Waals surface area contributed by atoms with E-state index in [0.29, 0.717) is 5.82 Å². The van der Waals surface area contributed by atoms with Crippen molar-refractivity contribution in [2.75, 3.05) is 5.73 Å². The summed E-state index contributed by atoms with van der Waals surface area (Å²) in [6, 6.07) is 18.6. The van der Waals surface area contributed by atoms with Crippen LogP contribution in [0.25, 0.3) is 27.7 Å². The van der Waals surface area contributed by atoms with Gasteiger partial charge < -0.3 is 5.73 Å². The Labute approximate surface area is 122 Å². The minimum absolute atomic E-state index is 0.682. The van der Waals surface area contributed by atoms with Crippen molar-refractivity contribution in [1.29, 1.82) is 0 Å². The molecule has 4 aromatic rings. The molecule has 0 fully saturated rings. The molecule has 0 aliphatic rings. The number of nitrogens with two attached hydrogens (primary N) is 1. The molecule has 21 heavy (non-hydrogen) atoms. The average molecular weight is 273 g/mol. The number of benzene rings is 2. The van der Waals surface area contributed by atoms with Gasteiger partial charge in [0.1, 0.15) is 17.2 Å². The number of nitrogen functional groups attached to an aromatic ring is 1.